The van der Waals surface area contributed by atoms with Gasteiger partial charge < -0.3 is 34.8 Å². The molecule has 0 saturated carbocycles. The topological polar surface area (TPSA) is 117 Å². The number of fused-ring (bicyclic) bond motifs is 1. The number of nitrogen functional groups attached to an aromatic ring is 1. The van der Waals surface area contributed by atoms with Crippen molar-refractivity contribution in [2.45, 2.75) is 50.7 Å². The number of nitriles is 1. The Kier molecular flexibility index (Phi) is 4.36. The minimum atomic E-state index is -0.754. The fourth-order valence-electron chi connectivity index (χ4n) is 3.89. The van der Waals surface area contributed by atoms with Gasteiger partial charge in [0.15, 0.2) is 5.79 Å². The predicted octanol–water partition coefficient (Wildman–Crippen LogP) is 0.471. The number of ether oxygens (including phenoxy) is 3. The number of rotatable bonds is 4. The third kappa shape index (κ3) is 2.60. The normalized spacial score (nSPS) is 31.8. The summed E-state index contributed by atoms with van der Waals surface area (Å²) in [6.07, 6.45) is 1.12. The molecule has 9 heteroatoms. The van der Waals surface area contributed by atoms with Crippen LogP contribution < -0.4 is 5.73 Å². The molecule has 0 amide bonds. The van der Waals surface area contributed by atoms with Gasteiger partial charge in [0, 0.05) is 18.9 Å². The van der Waals surface area contributed by atoms with Gasteiger partial charge in [-0.2, -0.15) is 5.26 Å². The van der Waals surface area contributed by atoms with E-state index in [0.717, 1.165) is 5.56 Å². The summed E-state index contributed by atoms with van der Waals surface area (Å²) in [4.78, 5) is 4.77. The quantitative estimate of drug-likeness (QED) is 0.685. The molecule has 1 unspecified atom stereocenters. The van der Waals surface area contributed by atoms with Crippen molar-refractivity contribution in [2.75, 3.05) is 19.5 Å². The summed E-state index contributed by atoms with van der Waals surface area (Å²) >= 11 is 0. The largest absolute Gasteiger partial charge is 0.437 e. The minimum absolute atomic E-state index is 0.188. The van der Waals surface area contributed by atoms with Crippen LogP contribution in [0.15, 0.2) is 6.20 Å². The number of aromatic amines is 1. The van der Waals surface area contributed by atoms with Gasteiger partial charge in [-0.15, -0.1) is 0 Å². The Morgan fingerprint density at radius 3 is 2.71 bits per heavy atom. The molecule has 2 aliphatic heterocycles. The first kappa shape index (κ1) is 17.3. The lowest BCUT2D eigenvalue weighted by atomic mass is 9.81. The van der Waals surface area contributed by atoms with Gasteiger partial charge in [0.05, 0.1) is 24.4 Å². The molecule has 24 heavy (non-hydrogen) atoms. The lowest BCUT2D eigenvalue weighted by Crippen LogP contribution is -2.48. The van der Waals surface area contributed by atoms with Gasteiger partial charge in [-0.1, -0.05) is 0 Å². The second-order valence-electron chi connectivity index (χ2n) is 6.76. The maximum atomic E-state index is 10.4. The van der Waals surface area contributed by atoms with Gasteiger partial charge in [-0.3, -0.25) is 0 Å². The van der Waals surface area contributed by atoms with Crippen molar-refractivity contribution < 1.29 is 19.2 Å². The van der Waals surface area contributed by atoms with Crippen molar-refractivity contribution in [3.63, 3.8) is 0 Å². The first-order valence-corrected chi connectivity index (χ1v) is 7.97. The van der Waals surface area contributed by atoms with Gasteiger partial charge in [-0.05, 0) is 20.7 Å². The number of H-pyrrole nitrogens is 1. The molecule has 2 saturated heterocycles. The number of nitrogens with one attached hydrogen (secondary N) is 1. The fourth-order valence-corrected chi connectivity index (χ4v) is 3.89. The van der Waals surface area contributed by atoms with Crippen molar-refractivity contribution in [1.82, 2.24) is 9.79 Å². The van der Waals surface area contributed by atoms with Crippen LogP contribution in [0.5, 0.6) is 0 Å². The van der Waals surface area contributed by atoms with Gasteiger partial charge in [0.25, 0.3) is 0 Å². The lowest BCUT2D eigenvalue weighted by molar-refractivity contribution is -0.166. The molecule has 0 spiro atoms. The van der Waals surface area contributed by atoms with E-state index in [-0.39, 0.29) is 24.3 Å². The average Bonchev–Trinajstić information content (AvgIpc) is 3.09. The molecule has 130 valence electrons. The Balaban J connectivity index is 2.06. The summed E-state index contributed by atoms with van der Waals surface area (Å²) in [5.41, 5.74) is 7.54. The van der Waals surface area contributed by atoms with Crippen LogP contribution in [-0.4, -0.2) is 59.6 Å². The molecule has 4 N–H and O–H groups in total. The Morgan fingerprint density at radius 2 is 2.17 bits per heavy atom. The molecule has 1 aromatic rings. The summed E-state index contributed by atoms with van der Waals surface area (Å²) in [6, 6.07) is 1.51. The van der Waals surface area contributed by atoms with E-state index < -0.39 is 12.8 Å². The zero-order chi connectivity index (χ0) is 17.6. The highest BCUT2D eigenvalue weighted by molar-refractivity contribution is 6.45. The van der Waals surface area contributed by atoms with Crippen LogP contribution >= 0.6 is 0 Å². The van der Waals surface area contributed by atoms with E-state index in [2.05, 4.69) is 4.98 Å². The molecule has 4 atom stereocenters. The number of hydrogen-bond donors (Lipinski definition) is 3. The van der Waals surface area contributed by atoms with Crippen LogP contribution in [0.4, 0.5) is 5.69 Å². The van der Waals surface area contributed by atoms with Crippen molar-refractivity contribution in [3.05, 3.63) is 17.5 Å². The van der Waals surface area contributed by atoms with Crippen molar-refractivity contribution in [3.8, 4) is 6.07 Å². The van der Waals surface area contributed by atoms with Crippen LogP contribution in [0.1, 0.15) is 31.1 Å². The van der Waals surface area contributed by atoms with Crippen molar-refractivity contribution in [2.24, 2.45) is 0 Å². The second-order valence-corrected chi connectivity index (χ2v) is 6.76. The Hall–Kier alpha value is -1.57. The van der Waals surface area contributed by atoms with Gasteiger partial charge in [0.1, 0.15) is 24.0 Å². The zero-order valence-corrected chi connectivity index (χ0v) is 14.3. The highest BCUT2D eigenvalue weighted by atomic mass is 16.8. The molecule has 2 fully saturated rings. The van der Waals surface area contributed by atoms with Gasteiger partial charge >= 0.3 is 7.05 Å². The zero-order valence-electron chi connectivity index (χ0n) is 14.3. The molecule has 2 aliphatic rings. The predicted molar refractivity (Wildman–Crippen MR) is 87.8 cm³/mol. The lowest BCUT2D eigenvalue weighted by Gasteiger charge is -2.34. The average molecular weight is 334 g/mol. The first-order valence-electron chi connectivity index (χ1n) is 7.97. The monoisotopic (exact) mass is 334 g/mol. The van der Waals surface area contributed by atoms with Crippen LogP contribution in [-0.2, 0) is 14.2 Å². The van der Waals surface area contributed by atoms with E-state index in [9.17, 15) is 5.02 Å². The molecular weight excluding hydrogens is 311 g/mol. The number of nitrogens with zero attached hydrogens (tertiary/aromatic N) is 2. The molecule has 3 heterocycles. The highest BCUT2D eigenvalue weighted by Gasteiger charge is 2.59. The Morgan fingerprint density at radius 1 is 1.50 bits per heavy atom. The summed E-state index contributed by atoms with van der Waals surface area (Å²) in [7, 11) is 0.859. The summed E-state index contributed by atoms with van der Waals surface area (Å²) in [5.74, 6) is -0.729. The van der Waals surface area contributed by atoms with E-state index >= 15 is 0 Å². The van der Waals surface area contributed by atoms with E-state index in [1.54, 1.807) is 20.1 Å². The number of anilines is 1. The summed E-state index contributed by atoms with van der Waals surface area (Å²) in [6.45, 7) is 5.80. The molecule has 3 rings (SSSR count). The van der Waals surface area contributed by atoms with Crippen LogP contribution in [0.2, 0.25) is 6.82 Å². The molecule has 0 radical (unpaired) electrons. The third-order valence-electron chi connectivity index (χ3n) is 4.71. The minimum Gasteiger partial charge on any atom is -0.437 e. The van der Waals surface area contributed by atoms with E-state index in [0.29, 0.717) is 18.0 Å². The number of aromatic nitrogens is 1. The maximum absolute atomic E-state index is 10.4. The van der Waals surface area contributed by atoms with Crippen LogP contribution in [0, 0.1) is 11.3 Å². The second kappa shape index (κ2) is 6.06. The van der Waals surface area contributed by atoms with Crippen LogP contribution in [0.25, 0.3) is 0 Å². The molecular formula is C15H23BN4O4. The molecule has 8 nitrogen and oxygen atoms in total. The first-order chi connectivity index (χ1) is 11.3. The SMILES string of the molecule is COC[C@@H]1[C@@H]2OC(C)(C)OC2[C@H](c2c[nH]c(C#N)c2N)N1B(C)O. The summed E-state index contributed by atoms with van der Waals surface area (Å²) in [5, 5.41) is 19.5. The molecule has 0 aliphatic carbocycles. The smallest absolute Gasteiger partial charge is 0.377 e. The van der Waals surface area contributed by atoms with Gasteiger partial charge in [-0.25, -0.2) is 0 Å². The van der Waals surface area contributed by atoms with Crippen molar-refractivity contribution >= 4 is 12.7 Å². The summed E-state index contributed by atoms with van der Waals surface area (Å²) < 4.78 is 17.5. The number of methoxy groups -OCH3 is 1. The maximum Gasteiger partial charge on any atom is 0.377 e. The molecule has 0 bridgehead atoms. The highest BCUT2D eigenvalue weighted by Crippen LogP contribution is 2.48. The van der Waals surface area contributed by atoms with E-state index in [1.807, 2.05) is 24.7 Å². The Bertz CT molecular complexity index is 656. The fraction of sp³-hybridized carbons (Fsp3) is 0.667. The third-order valence-corrected chi connectivity index (χ3v) is 4.71. The molecule has 0 aromatic carbocycles. The number of nitrogens with two attached hydrogens (primary N) is 1. The Labute approximate surface area is 141 Å². The number of hydrogen-bond acceptors (Lipinski definition) is 7. The van der Waals surface area contributed by atoms with E-state index in [1.165, 1.54) is 0 Å². The van der Waals surface area contributed by atoms with Crippen LogP contribution in [0.3, 0.4) is 0 Å². The van der Waals surface area contributed by atoms with E-state index in [4.69, 9.17) is 25.2 Å². The van der Waals surface area contributed by atoms with Crippen molar-refractivity contribution in [1.29, 1.82) is 5.26 Å². The standard InChI is InChI=1S/C15H23BN4O4/c1-15(2)23-13-10(7-22-4)20(16(3)21)12(14(13)24-15)8-6-19-9(5-17)11(8)18/h6,10,12-14,19,21H,7,18H2,1-4H3/t10-,12+,13+,14?/m1/s1. The van der Waals surface area contributed by atoms with Gasteiger partial charge in [0.2, 0.25) is 0 Å². The molecule has 1 aromatic heterocycles.